The maximum Gasteiger partial charge on any atom is 0.255 e. The van der Waals surface area contributed by atoms with E-state index in [1.165, 1.54) is 11.8 Å². The number of methoxy groups -OCH3 is 1. The first-order valence-corrected chi connectivity index (χ1v) is 9.59. The van der Waals surface area contributed by atoms with Gasteiger partial charge in [-0.3, -0.25) is 14.6 Å². The molecule has 1 amide bonds. The zero-order valence-corrected chi connectivity index (χ0v) is 16.4. The lowest BCUT2D eigenvalue weighted by Gasteiger charge is -2.08. The zero-order valence-electron chi connectivity index (χ0n) is 15.6. The quantitative estimate of drug-likeness (QED) is 0.471. The van der Waals surface area contributed by atoms with Gasteiger partial charge in [-0.2, -0.15) is 0 Å². The molecule has 0 atom stereocenters. The van der Waals surface area contributed by atoms with Gasteiger partial charge in [-0.15, -0.1) is 0 Å². The van der Waals surface area contributed by atoms with Crippen molar-refractivity contribution in [3.8, 4) is 5.75 Å². The number of amides is 1. The third-order valence-corrected chi connectivity index (χ3v) is 4.94. The van der Waals surface area contributed by atoms with E-state index < -0.39 is 0 Å². The van der Waals surface area contributed by atoms with E-state index in [0.717, 1.165) is 11.3 Å². The van der Waals surface area contributed by atoms with Gasteiger partial charge in [0.1, 0.15) is 5.75 Å². The lowest BCUT2D eigenvalue weighted by molar-refractivity contribution is -0.115. The Bertz CT molecular complexity index is 1020. The summed E-state index contributed by atoms with van der Waals surface area (Å²) in [5.74, 6) is 1.13. The summed E-state index contributed by atoms with van der Waals surface area (Å²) in [6.45, 7) is 1.73. The van der Waals surface area contributed by atoms with E-state index in [9.17, 15) is 9.59 Å². The molecule has 0 saturated heterocycles. The lowest BCUT2D eigenvalue weighted by atomic mass is 10.1. The number of aromatic amines is 1. The highest BCUT2D eigenvalue weighted by molar-refractivity contribution is 7.98. The molecule has 0 fully saturated rings. The smallest absolute Gasteiger partial charge is 0.255 e. The first-order chi connectivity index (χ1) is 13.5. The summed E-state index contributed by atoms with van der Waals surface area (Å²) in [6, 6.07) is 11.2. The van der Waals surface area contributed by atoms with Crippen LogP contribution < -0.4 is 15.6 Å². The Labute approximate surface area is 166 Å². The highest BCUT2D eigenvalue weighted by Crippen LogP contribution is 2.22. The first-order valence-electron chi connectivity index (χ1n) is 8.60. The molecule has 28 heavy (non-hydrogen) atoms. The molecule has 144 valence electrons. The minimum atomic E-state index is -0.304. The fourth-order valence-corrected chi connectivity index (χ4v) is 3.43. The molecule has 0 unspecified atom stereocenters. The molecular weight excluding hydrogens is 376 g/mol. The Balaban J connectivity index is 1.66. The molecule has 2 aromatic heterocycles. The molecule has 1 aromatic carbocycles. The fourth-order valence-electron chi connectivity index (χ4n) is 2.58. The lowest BCUT2D eigenvalue weighted by Crippen LogP contribution is -2.23. The number of nitrogens with zero attached hydrogens (tertiary/aromatic N) is 2. The van der Waals surface area contributed by atoms with E-state index in [0.29, 0.717) is 27.9 Å². The van der Waals surface area contributed by atoms with E-state index >= 15 is 0 Å². The fraction of sp³-hybridized carbons (Fsp3) is 0.200. The van der Waals surface area contributed by atoms with Gasteiger partial charge in [0.05, 0.1) is 25.4 Å². The van der Waals surface area contributed by atoms with Crippen LogP contribution in [0.15, 0.2) is 58.7 Å². The van der Waals surface area contributed by atoms with Gasteiger partial charge < -0.3 is 15.0 Å². The van der Waals surface area contributed by atoms with Gasteiger partial charge in [0.2, 0.25) is 5.91 Å². The van der Waals surface area contributed by atoms with Crippen LogP contribution in [0, 0.1) is 6.92 Å². The third-order valence-electron chi connectivity index (χ3n) is 3.99. The molecule has 0 spiro atoms. The number of thioether (sulfide) groups is 1. The van der Waals surface area contributed by atoms with Crippen molar-refractivity contribution in [1.29, 1.82) is 0 Å². The normalized spacial score (nSPS) is 10.5. The van der Waals surface area contributed by atoms with Crippen molar-refractivity contribution in [2.24, 2.45) is 0 Å². The molecule has 3 aromatic rings. The number of carbonyl (C=O) groups excluding carboxylic acids is 1. The van der Waals surface area contributed by atoms with Crippen molar-refractivity contribution in [3.05, 3.63) is 76.0 Å². The number of nitrogens with one attached hydrogen (secondary N) is 2. The van der Waals surface area contributed by atoms with Crippen LogP contribution in [0.25, 0.3) is 0 Å². The summed E-state index contributed by atoms with van der Waals surface area (Å²) in [5.41, 5.74) is 2.23. The van der Waals surface area contributed by atoms with E-state index in [2.05, 4.69) is 20.3 Å². The monoisotopic (exact) mass is 396 g/mol. The van der Waals surface area contributed by atoms with Crippen LogP contribution in [-0.2, 0) is 17.0 Å². The predicted octanol–water partition coefficient (Wildman–Crippen LogP) is 2.96. The first kappa shape index (κ1) is 19.6. The molecule has 3 rings (SSSR count). The number of anilines is 1. The molecular formula is C20H20N4O3S. The van der Waals surface area contributed by atoms with E-state index in [1.54, 1.807) is 38.6 Å². The van der Waals surface area contributed by atoms with Crippen LogP contribution in [0.2, 0.25) is 0 Å². The summed E-state index contributed by atoms with van der Waals surface area (Å²) in [6.07, 6.45) is 3.12. The molecule has 2 N–H and O–H groups in total. The van der Waals surface area contributed by atoms with Gasteiger partial charge in [0, 0.05) is 23.2 Å². The number of ether oxygens (including phenoxy) is 1. The summed E-state index contributed by atoms with van der Waals surface area (Å²) in [7, 11) is 1.62. The standard InChI is InChI=1S/C20H20N4O3S/c1-13-17(10-18(25)23-15-6-4-8-21-11-15)19(26)24-20(22-13)28-12-14-5-3-7-16(9-14)27-2/h3-9,11H,10,12H2,1-2H3,(H,23,25)(H,22,24,26). The Kier molecular flexibility index (Phi) is 6.44. The van der Waals surface area contributed by atoms with Crippen LogP contribution in [-0.4, -0.2) is 28.0 Å². The van der Waals surface area contributed by atoms with Crippen LogP contribution in [0.3, 0.4) is 0 Å². The Hall–Kier alpha value is -3.13. The van der Waals surface area contributed by atoms with Crippen molar-refractivity contribution < 1.29 is 9.53 Å². The van der Waals surface area contributed by atoms with Crippen molar-refractivity contribution in [3.63, 3.8) is 0 Å². The average molecular weight is 396 g/mol. The highest BCUT2D eigenvalue weighted by atomic mass is 32.2. The molecule has 7 nitrogen and oxygen atoms in total. The molecule has 0 bridgehead atoms. The largest absolute Gasteiger partial charge is 0.497 e. The Morgan fingerprint density at radius 3 is 2.86 bits per heavy atom. The van der Waals surface area contributed by atoms with Gasteiger partial charge in [-0.25, -0.2) is 4.98 Å². The second-order valence-corrected chi connectivity index (χ2v) is 7.01. The SMILES string of the molecule is COc1cccc(CSc2nc(C)c(CC(=O)Nc3cccnc3)c(=O)[nH]2)c1. The van der Waals surface area contributed by atoms with Crippen molar-refractivity contribution in [2.45, 2.75) is 24.3 Å². The summed E-state index contributed by atoms with van der Waals surface area (Å²) in [5, 5.41) is 3.23. The number of aryl methyl sites for hydroxylation is 1. The molecule has 0 aliphatic heterocycles. The van der Waals surface area contributed by atoms with Crippen LogP contribution in [0.4, 0.5) is 5.69 Å². The number of aromatic nitrogens is 3. The van der Waals surface area contributed by atoms with Crippen LogP contribution >= 0.6 is 11.8 Å². The summed E-state index contributed by atoms with van der Waals surface area (Å²) >= 11 is 1.42. The molecule has 0 aliphatic carbocycles. The van der Waals surface area contributed by atoms with E-state index in [1.807, 2.05) is 24.3 Å². The summed E-state index contributed by atoms with van der Waals surface area (Å²) in [4.78, 5) is 35.8. The summed E-state index contributed by atoms with van der Waals surface area (Å²) < 4.78 is 5.22. The Morgan fingerprint density at radius 1 is 1.29 bits per heavy atom. The van der Waals surface area contributed by atoms with Crippen molar-refractivity contribution in [2.75, 3.05) is 12.4 Å². The maximum atomic E-state index is 12.4. The zero-order chi connectivity index (χ0) is 19.9. The number of carbonyl (C=O) groups is 1. The molecule has 0 aliphatic rings. The van der Waals surface area contributed by atoms with Gasteiger partial charge in [-0.1, -0.05) is 23.9 Å². The minimum Gasteiger partial charge on any atom is -0.497 e. The van der Waals surface area contributed by atoms with Gasteiger partial charge in [0.15, 0.2) is 5.16 Å². The average Bonchev–Trinajstić information content (AvgIpc) is 2.70. The minimum absolute atomic E-state index is 0.0517. The maximum absolute atomic E-state index is 12.4. The molecule has 0 saturated carbocycles. The van der Waals surface area contributed by atoms with Crippen LogP contribution in [0.1, 0.15) is 16.8 Å². The van der Waals surface area contributed by atoms with Gasteiger partial charge in [-0.05, 0) is 36.8 Å². The predicted molar refractivity (Wildman–Crippen MR) is 109 cm³/mol. The van der Waals surface area contributed by atoms with E-state index in [4.69, 9.17) is 4.74 Å². The number of benzene rings is 1. The molecule has 0 radical (unpaired) electrons. The highest BCUT2D eigenvalue weighted by Gasteiger charge is 2.13. The number of pyridine rings is 1. The number of hydrogen-bond donors (Lipinski definition) is 2. The molecule has 8 heteroatoms. The second kappa shape index (κ2) is 9.18. The molecule has 2 heterocycles. The van der Waals surface area contributed by atoms with Crippen molar-refractivity contribution >= 4 is 23.4 Å². The van der Waals surface area contributed by atoms with Crippen LogP contribution in [0.5, 0.6) is 5.75 Å². The number of hydrogen-bond acceptors (Lipinski definition) is 6. The number of H-pyrrole nitrogens is 1. The topological polar surface area (TPSA) is 97.0 Å². The van der Waals surface area contributed by atoms with Gasteiger partial charge >= 0.3 is 0 Å². The third kappa shape index (κ3) is 5.20. The van der Waals surface area contributed by atoms with Gasteiger partial charge in [0.25, 0.3) is 5.56 Å². The van der Waals surface area contributed by atoms with E-state index in [-0.39, 0.29) is 17.9 Å². The second-order valence-electron chi connectivity index (χ2n) is 6.04. The van der Waals surface area contributed by atoms with Crippen molar-refractivity contribution in [1.82, 2.24) is 15.0 Å². The number of rotatable bonds is 7. The Morgan fingerprint density at radius 2 is 2.14 bits per heavy atom.